The molecule has 0 aromatic heterocycles. The molecule has 12 nitrogen and oxygen atoms in total. The second-order valence-corrected chi connectivity index (χ2v) is 14.2. The average Bonchev–Trinajstić information content (AvgIpc) is 3.52. The highest BCUT2D eigenvalue weighted by Gasteiger charge is 2.33. The highest BCUT2D eigenvalue weighted by molar-refractivity contribution is 7.89. The van der Waals surface area contributed by atoms with Crippen LogP contribution in [0.4, 0.5) is 10.5 Å². The Balaban J connectivity index is 1.43. The Morgan fingerprint density at radius 3 is 2.33 bits per heavy atom. The van der Waals surface area contributed by atoms with Crippen LogP contribution in [-0.4, -0.2) is 74.6 Å². The van der Waals surface area contributed by atoms with Gasteiger partial charge in [0, 0.05) is 24.7 Å². The van der Waals surface area contributed by atoms with E-state index in [1.165, 1.54) is 12.1 Å². The number of hydrogen-bond donors (Lipinski definition) is 3. The molecule has 2 aromatic rings. The summed E-state index contributed by atoms with van der Waals surface area (Å²) in [5.74, 6) is -2.29. The van der Waals surface area contributed by atoms with E-state index in [-0.39, 0.29) is 23.1 Å². The van der Waals surface area contributed by atoms with Gasteiger partial charge in [-0.1, -0.05) is 29.8 Å². The van der Waals surface area contributed by atoms with Crippen LogP contribution in [0.3, 0.4) is 0 Å². The number of carbonyl (C=O) groups excluding carboxylic acids is 4. The zero-order valence-electron chi connectivity index (χ0n) is 26.1. The molecule has 244 valence electrons. The van der Waals surface area contributed by atoms with Crippen LogP contribution in [0, 0.1) is 12.8 Å². The maximum atomic E-state index is 13.2. The molecule has 2 amide bonds. The van der Waals surface area contributed by atoms with Gasteiger partial charge in [0.1, 0.15) is 17.7 Å². The highest BCUT2D eigenvalue weighted by atomic mass is 32.2. The number of nitrogens with zero attached hydrogens (tertiary/aromatic N) is 1. The van der Waals surface area contributed by atoms with Crippen molar-refractivity contribution in [1.82, 2.24) is 14.9 Å². The van der Waals surface area contributed by atoms with E-state index in [1.54, 1.807) is 62.1 Å². The van der Waals surface area contributed by atoms with Crippen molar-refractivity contribution in [2.24, 2.45) is 5.92 Å². The van der Waals surface area contributed by atoms with Crippen LogP contribution in [-0.2, 0) is 40.3 Å². The third-order valence-electron chi connectivity index (χ3n) is 7.61. The standard InChI is InChI=1S/C32H42N4O8S/c1-21-10-12-25(13-11-21)45(41,42)35-27(30(39)43-29(38)26-9-6-16-33-26)20-22-7-5-8-24(19-22)34-28(37)23-14-17-36(18-15-23)31(40)44-32(2,3)4/h5,7-8,10-13,19,23,26-27,33,35H,6,9,14-18,20H2,1-4H3,(H,34,37)/t26-,27-/m0/s1. The number of anilines is 1. The van der Waals surface area contributed by atoms with E-state index in [1.807, 2.05) is 6.92 Å². The lowest BCUT2D eigenvalue weighted by molar-refractivity contribution is -0.162. The SMILES string of the molecule is Cc1ccc(S(=O)(=O)N[C@@H](Cc2cccc(NC(=O)C3CCN(C(=O)OC(C)(C)C)CC3)c2)C(=O)OC(=O)[C@@H]2CCCN2)cc1. The van der Waals surface area contributed by atoms with E-state index in [9.17, 15) is 27.6 Å². The molecule has 0 saturated carbocycles. The van der Waals surface area contributed by atoms with Crippen LogP contribution in [0.5, 0.6) is 0 Å². The van der Waals surface area contributed by atoms with E-state index >= 15 is 0 Å². The van der Waals surface area contributed by atoms with Crippen molar-refractivity contribution < 1.29 is 37.1 Å². The zero-order chi connectivity index (χ0) is 32.8. The number of esters is 2. The Kier molecular flexibility index (Phi) is 11.0. The van der Waals surface area contributed by atoms with Gasteiger partial charge in [-0.05, 0) is 96.2 Å². The second kappa shape index (κ2) is 14.5. The Hall–Kier alpha value is -3.81. The molecule has 2 aliphatic rings. The van der Waals surface area contributed by atoms with Crippen molar-refractivity contribution in [1.29, 1.82) is 0 Å². The number of likely N-dealkylation sites (tertiary alicyclic amines) is 1. The van der Waals surface area contributed by atoms with Crippen molar-refractivity contribution in [3.63, 3.8) is 0 Å². The first-order valence-corrected chi connectivity index (χ1v) is 16.6. The number of hydrogen-bond acceptors (Lipinski definition) is 9. The smallest absolute Gasteiger partial charge is 0.410 e. The first-order chi connectivity index (χ1) is 21.2. The largest absolute Gasteiger partial charge is 0.444 e. The molecular formula is C32H42N4O8S. The van der Waals surface area contributed by atoms with E-state index in [2.05, 4.69) is 15.4 Å². The van der Waals surface area contributed by atoms with Crippen LogP contribution in [0.25, 0.3) is 0 Å². The van der Waals surface area contributed by atoms with Crippen LogP contribution in [0.1, 0.15) is 57.6 Å². The monoisotopic (exact) mass is 642 g/mol. The van der Waals surface area contributed by atoms with Gasteiger partial charge < -0.3 is 25.0 Å². The van der Waals surface area contributed by atoms with Gasteiger partial charge in [-0.15, -0.1) is 0 Å². The summed E-state index contributed by atoms with van der Waals surface area (Å²) in [7, 11) is -4.15. The summed E-state index contributed by atoms with van der Waals surface area (Å²) in [6.07, 6.45) is 1.70. The van der Waals surface area contributed by atoms with Crippen molar-refractivity contribution >= 4 is 39.6 Å². The van der Waals surface area contributed by atoms with Crippen LogP contribution >= 0.6 is 0 Å². The molecule has 2 atom stereocenters. The topological polar surface area (TPSA) is 160 Å². The van der Waals surface area contributed by atoms with Gasteiger partial charge in [-0.2, -0.15) is 4.72 Å². The molecule has 3 N–H and O–H groups in total. The van der Waals surface area contributed by atoms with Gasteiger partial charge in [-0.3, -0.25) is 4.79 Å². The van der Waals surface area contributed by atoms with Crippen LogP contribution < -0.4 is 15.4 Å². The van der Waals surface area contributed by atoms with Gasteiger partial charge in [0.25, 0.3) is 0 Å². The molecule has 0 radical (unpaired) electrons. The number of benzene rings is 2. The number of carbonyl (C=O) groups is 4. The fourth-order valence-corrected chi connectivity index (χ4v) is 6.36. The third-order valence-corrected chi connectivity index (χ3v) is 9.10. The summed E-state index contributed by atoms with van der Waals surface area (Å²) in [5.41, 5.74) is 1.26. The summed E-state index contributed by atoms with van der Waals surface area (Å²) in [4.78, 5) is 52.8. The van der Waals surface area contributed by atoms with Gasteiger partial charge in [0.15, 0.2) is 0 Å². The second-order valence-electron chi connectivity index (χ2n) is 12.5. The quantitative estimate of drug-likeness (QED) is 0.276. The van der Waals surface area contributed by atoms with E-state index in [0.29, 0.717) is 50.1 Å². The molecule has 13 heteroatoms. The number of rotatable bonds is 9. The minimum Gasteiger partial charge on any atom is -0.444 e. The average molecular weight is 643 g/mol. The summed E-state index contributed by atoms with van der Waals surface area (Å²) in [5, 5.41) is 5.86. The molecule has 2 aliphatic heterocycles. The Morgan fingerprint density at radius 2 is 1.71 bits per heavy atom. The van der Waals surface area contributed by atoms with Gasteiger partial charge in [0.2, 0.25) is 15.9 Å². The fraction of sp³-hybridized carbons (Fsp3) is 0.500. The van der Waals surface area contributed by atoms with Gasteiger partial charge >= 0.3 is 18.0 Å². The third kappa shape index (κ3) is 9.84. The number of sulfonamides is 1. The number of ether oxygens (including phenoxy) is 2. The Morgan fingerprint density at radius 1 is 1.02 bits per heavy atom. The van der Waals surface area contributed by atoms with Crippen LogP contribution in [0.15, 0.2) is 53.4 Å². The molecule has 2 fully saturated rings. The predicted molar refractivity (Wildman–Crippen MR) is 167 cm³/mol. The minimum atomic E-state index is -4.15. The predicted octanol–water partition coefficient (Wildman–Crippen LogP) is 3.29. The molecule has 0 aliphatic carbocycles. The fourth-order valence-electron chi connectivity index (χ4n) is 5.18. The molecule has 0 unspecified atom stereocenters. The lowest BCUT2D eigenvalue weighted by Crippen LogP contribution is -2.45. The maximum absolute atomic E-state index is 13.2. The molecule has 2 aromatic carbocycles. The molecule has 2 heterocycles. The van der Waals surface area contributed by atoms with Crippen molar-refractivity contribution in [2.45, 2.75) is 82.4 Å². The first-order valence-electron chi connectivity index (χ1n) is 15.2. The van der Waals surface area contributed by atoms with Crippen molar-refractivity contribution in [3.8, 4) is 0 Å². The number of nitrogens with one attached hydrogen (secondary N) is 3. The lowest BCUT2D eigenvalue weighted by Gasteiger charge is -2.32. The van der Waals surface area contributed by atoms with E-state index in [0.717, 1.165) is 12.0 Å². The maximum Gasteiger partial charge on any atom is 0.410 e. The molecule has 0 bridgehead atoms. The molecule has 0 spiro atoms. The minimum absolute atomic E-state index is 0.0339. The highest BCUT2D eigenvalue weighted by Crippen LogP contribution is 2.23. The van der Waals surface area contributed by atoms with Crippen molar-refractivity contribution in [3.05, 3.63) is 59.7 Å². The summed E-state index contributed by atoms with van der Waals surface area (Å²) in [6, 6.07) is 10.8. The molecule has 2 saturated heterocycles. The Bertz CT molecular complexity index is 1490. The molecule has 4 rings (SSSR count). The first kappa shape index (κ1) is 34.1. The van der Waals surface area contributed by atoms with Crippen LogP contribution in [0.2, 0.25) is 0 Å². The molecular weight excluding hydrogens is 600 g/mol. The Labute approximate surface area is 264 Å². The van der Waals surface area contributed by atoms with E-state index < -0.39 is 45.7 Å². The summed E-state index contributed by atoms with van der Waals surface area (Å²) >= 11 is 0. The summed E-state index contributed by atoms with van der Waals surface area (Å²) in [6.45, 7) is 8.65. The summed E-state index contributed by atoms with van der Waals surface area (Å²) < 4.78 is 39.4. The van der Waals surface area contributed by atoms with E-state index in [4.69, 9.17) is 9.47 Å². The van der Waals surface area contributed by atoms with Gasteiger partial charge in [-0.25, -0.2) is 22.8 Å². The number of piperidine rings is 1. The van der Waals surface area contributed by atoms with Gasteiger partial charge in [0.05, 0.1) is 4.90 Å². The number of aryl methyl sites for hydroxylation is 1. The lowest BCUT2D eigenvalue weighted by atomic mass is 9.96. The number of amides is 2. The normalized spacial score (nSPS) is 18.2. The van der Waals surface area contributed by atoms with Crippen molar-refractivity contribution in [2.75, 3.05) is 25.0 Å². The molecule has 45 heavy (non-hydrogen) atoms. The zero-order valence-corrected chi connectivity index (χ0v) is 26.9.